The van der Waals surface area contributed by atoms with E-state index in [4.69, 9.17) is 0 Å². The quantitative estimate of drug-likeness (QED) is 0.734. The number of carbonyl (C=O) groups is 1. The second-order valence-electron chi connectivity index (χ2n) is 3.95. The number of likely N-dealkylation sites (tertiary alicyclic amines) is 1. The SMILES string of the molecule is Cc1ccc([C@@H]2C[C@@H](O)C(=O)N2C)cn1. The molecular weight excluding hydrogens is 192 g/mol. The van der Waals surface area contributed by atoms with E-state index in [1.165, 1.54) is 0 Å². The number of carbonyl (C=O) groups excluding carboxylic acids is 1. The Labute approximate surface area is 88.6 Å². The summed E-state index contributed by atoms with van der Waals surface area (Å²) in [6.07, 6.45) is 1.36. The molecule has 80 valence electrons. The van der Waals surface area contributed by atoms with Gasteiger partial charge in [-0.15, -0.1) is 0 Å². The minimum atomic E-state index is -0.860. The second kappa shape index (κ2) is 3.62. The highest BCUT2D eigenvalue weighted by Gasteiger charge is 2.36. The average molecular weight is 206 g/mol. The molecule has 15 heavy (non-hydrogen) atoms. The van der Waals surface area contributed by atoms with E-state index in [0.717, 1.165) is 11.3 Å². The highest BCUT2D eigenvalue weighted by Crippen LogP contribution is 2.30. The van der Waals surface area contributed by atoms with Crippen molar-refractivity contribution in [3.8, 4) is 0 Å². The first-order chi connectivity index (χ1) is 7.09. The fourth-order valence-corrected chi connectivity index (χ4v) is 1.90. The number of pyridine rings is 1. The van der Waals surface area contributed by atoms with Crippen LogP contribution in [0.15, 0.2) is 18.3 Å². The van der Waals surface area contributed by atoms with Crippen molar-refractivity contribution in [2.24, 2.45) is 0 Å². The zero-order chi connectivity index (χ0) is 11.0. The number of aromatic nitrogens is 1. The van der Waals surface area contributed by atoms with Gasteiger partial charge in [-0.05, 0) is 18.6 Å². The molecule has 1 aliphatic rings. The lowest BCUT2D eigenvalue weighted by atomic mass is 10.1. The van der Waals surface area contributed by atoms with Gasteiger partial charge >= 0.3 is 0 Å². The standard InChI is InChI=1S/C11H14N2O2/c1-7-3-4-8(6-12-7)9-5-10(14)11(15)13(9)2/h3-4,6,9-10,14H,5H2,1-2H3/t9-,10+/m0/s1. The van der Waals surface area contributed by atoms with Gasteiger partial charge < -0.3 is 10.0 Å². The summed E-state index contributed by atoms with van der Waals surface area (Å²) in [5.41, 5.74) is 1.93. The zero-order valence-corrected chi connectivity index (χ0v) is 8.84. The first kappa shape index (κ1) is 10.1. The molecule has 0 saturated carbocycles. The Hall–Kier alpha value is -1.42. The van der Waals surface area contributed by atoms with Crippen LogP contribution in [0.1, 0.15) is 23.7 Å². The normalized spacial score (nSPS) is 26.1. The van der Waals surface area contributed by atoms with Crippen molar-refractivity contribution in [1.82, 2.24) is 9.88 Å². The third-order valence-electron chi connectivity index (χ3n) is 2.87. The van der Waals surface area contributed by atoms with Gasteiger partial charge in [-0.2, -0.15) is 0 Å². The lowest BCUT2D eigenvalue weighted by Crippen LogP contribution is -2.26. The van der Waals surface area contributed by atoms with Crippen molar-refractivity contribution in [1.29, 1.82) is 0 Å². The van der Waals surface area contributed by atoms with E-state index in [1.54, 1.807) is 18.1 Å². The van der Waals surface area contributed by atoms with Crippen LogP contribution in [0.2, 0.25) is 0 Å². The number of hydrogen-bond donors (Lipinski definition) is 1. The number of likely N-dealkylation sites (N-methyl/N-ethyl adjacent to an activating group) is 1. The van der Waals surface area contributed by atoms with E-state index in [0.29, 0.717) is 6.42 Å². The molecule has 4 nitrogen and oxygen atoms in total. The van der Waals surface area contributed by atoms with Crippen molar-refractivity contribution < 1.29 is 9.90 Å². The summed E-state index contributed by atoms with van der Waals surface area (Å²) < 4.78 is 0. The molecule has 1 fully saturated rings. The maximum atomic E-state index is 11.4. The summed E-state index contributed by atoms with van der Waals surface area (Å²) >= 11 is 0. The average Bonchev–Trinajstić information content (AvgIpc) is 2.47. The van der Waals surface area contributed by atoms with Gasteiger partial charge in [0.25, 0.3) is 5.91 Å². The third kappa shape index (κ3) is 1.72. The number of amides is 1. The van der Waals surface area contributed by atoms with Crippen LogP contribution in [0.5, 0.6) is 0 Å². The van der Waals surface area contributed by atoms with E-state index < -0.39 is 6.10 Å². The first-order valence-electron chi connectivity index (χ1n) is 4.97. The van der Waals surface area contributed by atoms with Gasteiger partial charge in [-0.1, -0.05) is 6.07 Å². The van der Waals surface area contributed by atoms with E-state index in [9.17, 15) is 9.90 Å². The van der Waals surface area contributed by atoms with Gasteiger partial charge in [0.05, 0.1) is 6.04 Å². The van der Waals surface area contributed by atoms with Crippen molar-refractivity contribution >= 4 is 5.91 Å². The Bertz CT molecular complexity index is 375. The maximum absolute atomic E-state index is 11.4. The van der Waals surface area contributed by atoms with Gasteiger partial charge in [-0.25, -0.2) is 0 Å². The molecule has 0 radical (unpaired) electrons. The van der Waals surface area contributed by atoms with E-state index in [-0.39, 0.29) is 11.9 Å². The van der Waals surface area contributed by atoms with Crippen molar-refractivity contribution in [3.63, 3.8) is 0 Å². The van der Waals surface area contributed by atoms with Crippen molar-refractivity contribution in [2.45, 2.75) is 25.5 Å². The molecule has 0 aromatic carbocycles. The van der Waals surface area contributed by atoms with Gasteiger partial charge in [-0.3, -0.25) is 9.78 Å². The van der Waals surface area contributed by atoms with Crippen LogP contribution in [-0.4, -0.2) is 34.0 Å². The smallest absolute Gasteiger partial charge is 0.251 e. The van der Waals surface area contributed by atoms with Gasteiger partial charge in [0, 0.05) is 25.4 Å². The topological polar surface area (TPSA) is 53.4 Å². The van der Waals surface area contributed by atoms with Crippen LogP contribution >= 0.6 is 0 Å². The van der Waals surface area contributed by atoms with E-state index in [1.807, 2.05) is 19.1 Å². The summed E-state index contributed by atoms with van der Waals surface area (Å²) in [6, 6.07) is 3.83. The lowest BCUT2D eigenvalue weighted by molar-refractivity contribution is -0.134. The van der Waals surface area contributed by atoms with E-state index in [2.05, 4.69) is 4.98 Å². The van der Waals surface area contributed by atoms with Crippen LogP contribution in [0.25, 0.3) is 0 Å². The Morgan fingerprint density at radius 1 is 1.53 bits per heavy atom. The monoisotopic (exact) mass is 206 g/mol. The molecule has 1 saturated heterocycles. The minimum absolute atomic E-state index is 0.0411. The van der Waals surface area contributed by atoms with Crippen LogP contribution in [-0.2, 0) is 4.79 Å². The predicted octanol–water partition coefficient (Wildman–Crippen LogP) is 0.654. The molecule has 4 heteroatoms. The number of aryl methyl sites for hydroxylation is 1. The fourth-order valence-electron chi connectivity index (χ4n) is 1.90. The Balaban J connectivity index is 2.25. The zero-order valence-electron chi connectivity index (χ0n) is 8.84. The van der Waals surface area contributed by atoms with E-state index >= 15 is 0 Å². The van der Waals surface area contributed by atoms with Gasteiger partial charge in [0.1, 0.15) is 6.10 Å². The molecule has 2 atom stereocenters. The summed E-state index contributed by atoms with van der Waals surface area (Å²) in [5.74, 6) is -0.208. The lowest BCUT2D eigenvalue weighted by Gasteiger charge is -2.19. The summed E-state index contributed by atoms with van der Waals surface area (Å²) in [7, 11) is 1.71. The summed E-state index contributed by atoms with van der Waals surface area (Å²) in [5, 5.41) is 9.44. The first-order valence-corrected chi connectivity index (χ1v) is 4.97. The number of aliphatic hydroxyl groups excluding tert-OH is 1. The van der Waals surface area contributed by atoms with Crippen molar-refractivity contribution in [2.75, 3.05) is 7.05 Å². The molecule has 1 aromatic heterocycles. The highest BCUT2D eigenvalue weighted by atomic mass is 16.3. The van der Waals surface area contributed by atoms with Crippen LogP contribution in [0.3, 0.4) is 0 Å². The molecule has 0 bridgehead atoms. The summed E-state index contributed by atoms with van der Waals surface area (Å²) in [4.78, 5) is 17.2. The minimum Gasteiger partial charge on any atom is -0.383 e. The molecule has 2 heterocycles. The highest BCUT2D eigenvalue weighted by molar-refractivity contribution is 5.83. The van der Waals surface area contributed by atoms with Crippen LogP contribution < -0.4 is 0 Å². The van der Waals surface area contributed by atoms with Crippen molar-refractivity contribution in [3.05, 3.63) is 29.6 Å². The molecule has 1 aliphatic heterocycles. The Morgan fingerprint density at radius 3 is 2.73 bits per heavy atom. The fraction of sp³-hybridized carbons (Fsp3) is 0.455. The molecular formula is C11H14N2O2. The maximum Gasteiger partial charge on any atom is 0.251 e. The second-order valence-corrected chi connectivity index (χ2v) is 3.95. The van der Waals surface area contributed by atoms with Gasteiger partial charge in [0.2, 0.25) is 0 Å². The number of aliphatic hydroxyl groups is 1. The molecule has 1 N–H and O–H groups in total. The number of hydrogen-bond acceptors (Lipinski definition) is 3. The summed E-state index contributed by atoms with van der Waals surface area (Å²) in [6.45, 7) is 1.92. The van der Waals surface area contributed by atoms with Crippen LogP contribution in [0.4, 0.5) is 0 Å². The Kier molecular flexibility index (Phi) is 2.44. The number of nitrogens with zero attached hydrogens (tertiary/aromatic N) is 2. The Morgan fingerprint density at radius 2 is 2.27 bits per heavy atom. The van der Waals surface area contributed by atoms with Crippen LogP contribution in [0, 0.1) is 6.92 Å². The molecule has 1 aromatic rings. The number of rotatable bonds is 1. The third-order valence-corrected chi connectivity index (χ3v) is 2.87. The molecule has 0 aliphatic carbocycles. The van der Waals surface area contributed by atoms with Gasteiger partial charge in [0.15, 0.2) is 0 Å². The largest absolute Gasteiger partial charge is 0.383 e. The molecule has 2 rings (SSSR count). The molecule has 0 spiro atoms. The molecule has 1 amide bonds. The molecule has 0 unspecified atom stereocenters. The predicted molar refractivity (Wildman–Crippen MR) is 55.1 cm³/mol.